The molecule has 17 heavy (non-hydrogen) atoms. The molecular formula is C8H15N3O6. The van der Waals surface area contributed by atoms with Crippen LogP contribution in [0.5, 0.6) is 0 Å². The van der Waals surface area contributed by atoms with E-state index >= 15 is 0 Å². The second-order valence-corrected chi connectivity index (χ2v) is 3.10. The highest BCUT2D eigenvalue weighted by Gasteiger charge is 2.07. The Labute approximate surface area is 97.7 Å². The zero-order valence-electron chi connectivity index (χ0n) is 9.66. The maximum atomic E-state index is 11.1. The first kappa shape index (κ1) is 14.9. The Bertz CT molecular complexity index is 293. The molecule has 9 nitrogen and oxygen atoms in total. The number of carbonyl (C=O) groups is 2. The van der Waals surface area contributed by atoms with E-state index in [9.17, 15) is 14.8 Å². The summed E-state index contributed by atoms with van der Waals surface area (Å²) in [5.74, 6) is -1.48. The molecule has 0 unspecified atom stereocenters. The van der Waals surface area contributed by atoms with Gasteiger partial charge in [-0.05, 0) is 6.42 Å². The standard InChI is InChI=1S/C8H15N3O6/c1-7(12)16-6-17-9-11(15)10(2)5-3-4-8(13)14/h3-6H2,1-2H3,(H,13,14)/b11-9+. The van der Waals surface area contributed by atoms with Crippen molar-refractivity contribution in [2.24, 2.45) is 5.28 Å². The van der Waals surface area contributed by atoms with E-state index in [1.54, 1.807) is 0 Å². The lowest BCUT2D eigenvalue weighted by atomic mass is 10.3. The molecule has 1 N–H and O–H groups in total. The maximum Gasteiger partial charge on any atom is 0.305 e. The SMILES string of the molecule is CC(=O)OCO/N=[N+](/[O-])N(C)CCCC(=O)O. The van der Waals surface area contributed by atoms with Crippen molar-refractivity contribution in [3.05, 3.63) is 5.21 Å². The van der Waals surface area contributed by atoms with Crippen molar-refractivity contribution in [3.63, 3.8) is 0 Å². The molecule has 0 aromatic carbocycles. The van der Waals surface area contributed by atoms with Gasteiger partial charge in [0.25, 0.3) is 6.79 Å². The van der Waals surface area contributed by atoms with E-state index in [1.165, 1.54) is 14.0 Å². The smallest absolute Gasteiger partial charge is 0.305 e. The quantitative estimate of drug-likeness (QED) is 0.162. The molecule has 0 spiro atoms. The van der Waals surface area contributed by atoms with Crippen LogP contribution in [-0.2, 0) is 19.2 Å². The van der Waals surface area contributed by atoms with Crippen LogP contribution >= 0.6 is 0 Å². The minimum atomic E-state index is -0.932. The molecular weight excluding hydrogens is 234 g/mol. The second-order valence-electron chi connectivity index (χ2n) is 3.10. The number of ether oxygens (including phenoxy) is 1. The van der Waals surface area contributed by atoms with Crippen molar-refractivity contribution in [2.75, 3.05) is 20.4 Å². The fourth-order valence-corrected chi connectivity index (χ4v) is 0.789. The normalized spacial score (nSPS) is 10.8. The highest BCUT2D eigenvalue weighted by molar-refractivity contribution is 5.66. The van der Waals surface area contributed by atoms with Gasteiger partial charge >= 0.3 is 11.9 Å². The van der Waals surface area contributed by atoms with Crippen molar-refractivity contribution in [1.82, 2.24) is 5.01 Å². The first-order valence-corrected chi connectivity index (χ1v) is 4.80. The number of aliphatic carboxylic acids is 1. The van der Waals surface area contributed by atoms with E-state index < -0.39 is 18.7 Å². The molecule has 0 atom stereocenters. The van der Waals surface area contributed by atoms with Gasteiger partial charge in [0.15, 0.2) is 0 Å². The van der Waals surface area contributed by atoms with Gasteiger partial charge in [-0.1, -0.05) is 0 Å². The minimum absolute atomic E-state index is 0.0352. The van der Waals surface area contributed by atoms with Crippen LogP contribution in [0.15, 0.2) is 5.28 Å². The summed E-state index contributed by atoms with van der Waals surface area (Å²) in [6, 6.07) is 0. The summed E-state index contributed by atoms with van der Waals surface area (Å²) in [6.07, 6.45) is 0.274. The van der Waals surface area contributed by atoms with Crippen molar-refractivity contribution in [2.45, 2.75) is 19.8 Å². The van der Waals surface area contributed by atoms with Gasteiger partial charge in [-0.25, -0.2) is 0 Å². The fourth-order valence-electron chi connectivity index (χ4n) is 0.789. The summed E-state index contributed by atoms with van der Waals surface area (Å²) < 4.78 is 4.37. The number of esters is 1. The van der Waals surface area contributed by atoms with Gasteiger partial charge in [0.1, 0.15) is 0 Å². The van der Waals surface area contributed by atoms with Crippen LogP contribution in [0.4, 0.5) is 0 Å². The fraction of sp³-hybridized carbons (Fsp3) is 0.750. The predicted octanol–water partition coefficient (Wildman–Crippen LogP) is 0.113. The molecule has 0 aromatic heterocycles. The molecule has 0 aromatic rings. The summed E-state index contributed by atoms with van der Waals surface area (Å²) in [7, 11) is 1.42. The van der Waals surface area contributed by atoms with Crippen LogP contribution in [0, 0.1) is 5.21 Å². The van der Waals surface area contributed by atoms with Crippen LogP contribution in [0.25, 0.3) is 0 Å². The van der Waals surface area contributed by atoms with Crippen LogP contribution < -0.4 is 0 Å². The van der Waals surface area contributed by atoms with E-state index in [1.807, 2.05) is 0 Å². The van der Waals surface area contributed by atoms with E-state index in [4.69, 9.17) is 5.11 Å². The molecule has 0 radical (unpaired) electrons. The summed E-state index contributed by atoms with van der Waals surface area (Å²) in [5, 5.41) is 23.7. The number of nitrogens with zero attached hydrogens (tertiary/aromatic N) is 3. The Hall–Kier alpha value is -2.06. The summed E-state index contributed by atoms with van der Waals surface area (Å²) >= 11 is 0. The lowest BCUT2D eigenvalue weighted by Gasteiger charge is -2.11. The Kier molecular flexibility index (Phi) is 7.15. The number of hydrogen-bond acceptors (Lipinski definition) is 6. The lowest BCUT2D eigenvalue weighted by molar-refractivity contribution is -0.706. The van der Waals surface area contributed by atoms with Gasteiger partial charge in [-0.3, -0.25) is 9.59 Å². The van der Waals surface area contributed by atoms with Gasteiger partial charge in [0.05, 0.1) is 18.6 Å². The van der Waals surface area contributed by atoms with Gasteiger partial charge in [-0.2, -0.15) is 0 Å². The third-order valence-corrected chi connectivity index (χ3v) is 1.61. The second kappa shape index (κ2) is 8.13. The first-order chi connectivity index (χ1) is 7.93. The molecule has 0 aliphatic heterocycles. The topological polar surface area (TPSA) is 114 Å². The molecule has 0 fully saturated rings. The monoisotopic (exact) mass is 249 g/mol. The highest BCUT2D eigenvalue weighted by Crippen LogP contribution is 1.94. The number of rotatable bonds is 8. The Morgan fingerprint density at radius 3 is 2.71 bits per heavy atom. The zero-order chi connectivity index (χ0) is 13.3. The molecule has 0 aliphatic carbocycles. The van der Waals surface area contributed by atoms with Crippen molar-refractivity contribution < 1.29 is 29.2 Å². The van der Waals surface area contributed by atoms with Crippen molar-refractivity contribution in [3.8, 4) is 0 Å². The first-order valence-electron chi connectivity index (χ1n) is 4.80. The number of hydrogen-bond donors (Lipinski definition) is 1. The number of carboxylic acids is 1. The largest absolute Gasteiger partial charge is 0.569 e. The summed E-state index contributed by atoms with van der Waals surface area (Å²) in [4.78, 5) is 25.1. The Morgan fingerprint density at radius 2 is 2.18 bits per heavy atom. The van der Waals surface area contributed by atoms with E-state index in [0.717, 1.165) is 5.01 Å². The summed E-state index contributed by atoms with van der Waals surface area (Å²) in [5.41, 5.74) is 0. The maximum absolute atomic E-state index is 11.1. The van der Waals surface area contributed by atoms with Crippen LogP contribution in [0.1, 0.15) is 19.8 Å². The molecule has 0 rings (SSSR count). The average Bonchev–Trinajstić information content (AvgIpc) is 2.23. The third-order valence-electron chi connectivity index (χ3n) is 1.61. The predicted molar refractivity (Wildman–Crippen MR) is 53.3 cm³/mol. The number of carboxylic acid groups (broad SMARTS) is 1. The van der Waals surface area contributed by atoms with E-state index in [-0.39, 0.29) is 17.9 Å². The van der Waals surface area contributed by atoms with E-state index in [0.29, 0.717) is 6.42 Å². The van der Waals surface area contributed by atoms with Crippen molar-refractivity contribution >= 4 is 11.9 Å². The molecule has 0 amide bonds. The average molecular weight is 249 g/mol. The van der Waals surface area contributed by atoms with E-state index in [2.05, 4.69) is 14.9 Å². The lowest BCUT2D eigenvalue weighted by Crippen LogP contribution is -2.28. The molecule has 98 valence electrons. The summed E-state index contributed by atoms with van der Waals surface area (Å²) in [6.45, 7) is 0.962. The zero-order valence-corrected chi connectivity index (χ0v) is 9.66. The Balaban J connectivity index is 3.78. The minimum Gasteiger partial charge on any atom is -0.569 e. The van der Waals surface area contributed by atoms with Gasteiger partial charge in [0, 0.05) is 13.3 Å². The molecule has 0 aliphatic rings. The number of hydrazine groups is 1. The van der Waals surface area contributed by atoms with Gasteiger partial charge in [0.2, 0.25) is 5.28 Å². The molecule has 0 bridgehead atoms. The number of carbonyl (C=O) groups excluding carboxylic acids is 1. The van der Waals surface area contributed by atoms with Crippen LogP contribution in [0.2, 0.25) is 0 Å². The molecule has 0 heterocycles. The van der Waals surface area contributed by atoms with Gasteiger partial charge in [-0.15, -0.1) is 5.01 Å². The Morgan fingerprint density at radius 1 is 1.53 bits per heavy atom. The van der Waals surface area contributed by atoms with Crippen molar-refractivity contribution in [1.29, 1.82) is 0 Å². The molecule has 0 saturated heterocycles. The molecule has 9 heteroatoms. The van der Waals surface area contributed by atoms with Crippen LogP contribution in [0.3, 0.4) is 0 Å². The third kappa shape index (κ3) is 8.90. The molecule has 0 saturated carbocycles. The van der Waals surface area contributed by atoms with Crippen LogP contribution in [-0.4, -0.2) is 47.4 Å². The highest BCUT2D eigenvalue weighted by atomic mass is 16.8. The van der Waals surface area contributed by atoms with Gasteiger partial charge < -0.3 is 19.9 Å².